The highest BCUT2D eigenvalue weighted by Crippen LogP contribution is 2.26. The van der Waals surface area contributed by atoms with Crippen molar-refractivity contribution >= 4 is 0 Å². The average Bonchev–Trinajstić information content (AvgIpc) is 2.90. The van der Waals surface area contributed by atoms with Crippen LogP contribution in [0, 0.1) is 0 Å². The molecule has 3 heteroatoms. The molecule has 88 valence electrons. The summed E-state index contributed by atoms with van der Waals surface area (Å²) in [5.41, 5.74) is 2.30. The second kappa shape index (κ2) is 4.72. The maximum Gasteiger partial charge on any atom is 0.0866 e. The Morgan fingerprint density at radius 2 is 2.00 bits per heavy atom. The highest BCUT2D eigenvalue weighted by atomic mass is 15.0. The lowest BCUT2D eigenvalue weighted by atomic mass is 10.1. The van der Waals surface area contributed by atoms with E-state index < -0.39 is 0 Å². The minimum Gasteiger partial charge on any atom is -0.343 e. The largest absolute Gasteiger partial charge is 0.343 e. The fourth-order valence-corrected chi connectivity index (χ4v) is 2.53. The molecule has 0 atom stereocenters. The van der Waals surface area contributed by atoms with Crippen molar-refractivity contribution in [1.82, 2.24) is 14.9 Å². The molecule has 1 aliphatic rings. The summed E-state index contributed by atoms with van der Waals surface area (Å²) in [7, 11) is 0. The van der Waals surface area contributed by atoms with Gasteiger partial charge in [0.05, 0.1) is 11.4 Å². The van der Waals surface area contributed by atoms with Crippen molar-refractivity contribution in [1.29, 1.82) is 0 Å². The Balaban J connectivity index is 1.93. The molecule has 1 saturated heterocycles. The summed E-state index contributed by atoms with van der Waals surface area (Å²) in [5, 5.41) is 3.41. The summed E-state index contributed by atoms with van der Waals surface area (Å²) >= 11 is 0. The van der Waals surface area contributed by atoms with E-state index in [1.807, 2.05) is 18.3 Å². The van der Waals surface area contributed by atoms with E-state index in [2.05, 4.69) is 39.3 Å². The van der Waals surface area contributed by atoms with Gasteiger partial charge < -0.3 is 9.88 Å². The lowest BCUT2D eigenvalue weighted by Crippen LogP contribution is -2.29. The Hall–Kier alpha value is -1.61. The molecule has 0 amide bonds. The maximum atomic E-state index is 4.44. The van der Waals surface area contributed by atoms with Gasteiger partial charge in [0, 0.05) is 18.4 Å². The van der Waals surface area contributed by atoms with Crippen LogP contribution in [0.15, 0.2) is 42.7 Å². The number of hydrogen-bond acceptors (Lipinski definition) is 2. The molecule has 0 unspecified atom stereocenters. The van der Waals surface area contributed by atoms with Crippen LogP contribution < -0.4 is 5.32 Å². The van der Waals surface area contributed by atoms with Gasteiger partial charge in [0.25, 0.3) is 0 Å². The predicted octanol–water partition coefficient (Wildman–Crippen LogP) is 2.47. The van der Waals surface area contributed by atoms with Crippen LogP contribution in [0.5, 0.6) is 0 Å². The summed E-state index contributed by atoms with van der Waals surface area (Å²) < 4.78 is 2.38. The van der Waals surface area contributed by atoms with Crippen LogP contribution in [-0.4, -0.2) is 22.6 Å². The molecular formula is C14H17N3. The number of rotatable bonds is 2. The van der Waals surface area contributed by atoms with Gasteiger partial charge in [-0.2, -0.15) is 0 Å². The topological polar surface area (TPSA) is 29.9 Å². The molecule has 0 aliphatic carbocycles. The first-order chi connectivity index (χ1) is 8.45. The summed E-state index contributed by atoms with van der Waals surface area (Å²) in [4.78, 5) is 4.44. The van der Waals surface area contributed by atoms with E-state index in [0.717, 1.165) is 18.8 Å². The predicted molar refractivity (Wildman–Crippen MR) is 68.8 cm³/mol. The number of aromatic nitrogens is 2. The van der Waals surface area contributed by atoms with E-state index in [1.54, 1.807) is 0 Å². The van der Waals surface area contributed by atoms with Gasteiger partial charge in [-0.05, 0) is 50.2 Å². The standard InChI is InChI=1S/C14H17N3/c1-2-8-16-13(4-1)14-5-3-11-17(14)12-6-9-15-10-7-12/h1-5,8,11-12,15H,6-7,9-10H2. The minimum absolute atomic E-state index is 0.614. The van der Waals surface area contributed by atoms with E-state index in [1.165, 1.54) is 18.5 Å². The lowest BCUT2D eigenvalue weighted by molar-refractivity contribution is 0.371. The van der Waals surface area contributed by atoms with Crippen molar-refractivity contribution in [3.05, 3.63) is 42.7 Å². The zero-order valence-electron chi connectivity index (χ0n) is 9.84. The molecule has 0 saturated carbocycles. The van der Waals surface area contributed by atoms with E-state index in [4.69, 9.17) is 0 Å². The van der Waals surface area contributed by atoms with Crippen LogP contribution in [0.1, 0.15) is 18.9 Å². The van der Waals surface area contributed by atoms with Crippen LogP contribution >= 0.6 is 0 Å². The van der Waals surface area contributed by atoms with E-state index >= 15 is 0 Å². The third-order valence-corrected chi connectivity index (χ3v) is 3.41. The van der Waals surface area contributed by atoms with E-state index in [0.29, 0.717) is 6.04 Å². The molecule has 3 nitrogen and oxygen atoms in total. The minimum atomic E-state index is 0.614. The molecule has 1 aliphatic heterocycles. The first-order valence-corrected chi connectivity index (χ1v) is 6.24. The molecular weight excluding hydrogens is 210 g/mol. The van der Waals surface area contributed by atoms with Crippen molar-refractivity contribution in [2.75, 3.05) is 13.1 Å². The van der Waals surface area contributed by atoms with Gasteiger partial charge >= 0.3 is 0 Å². The molecule has 17 heavy (non-hydrogen) atoms. The van der Waals surface area contributed by atoms with Crippen LogP contribution in [0.3, 0.4) is 0 Å². The van der Waals surface area contributed by atoms with Crippen LogP contribution in [0.2, 0.25) is 0 Å². The Labute approximate surface area is 101 Å². The van der Waals surface area contributed by atoms with Gasteiger partial charge in [0.1, 0.15) is 0 Å². The van der Waals surface area contributed by atoms with Crippen molar-refractivity contribution < 1.29 is 0 Å². The van der Waals surface area contributed by atoms with Crippen molar-refractivity contribution in [2.24, 2.45) is 0 Å². The van der Waals surface area contributed by atoms with Gasteiger partial charge in [-0.1, -0.05) is 6.07 Å². The second-order valence-corrected chi connectivity index (χ2v) is 4.50. The van der Waals surface area contributed by atoms with Crippen molar-refractivity contribution in [2.45, 2.75) is 18.9 Å². The molecule has 3 rings (SSSR count). The molecule has 0 bridgehead atoms. The Bertz CT molecular complexity index is 469. The quantitative estimate of drug-likeness (QED) is 0.854. The zero-order valence-corrected chi connectivity index (χ0v) is 9.84. The third kappa shape index (κ3) is 2.11. The van der Waals surface area contributed by atoms with Gasteiger partial charge in [-0.15, -0.1) is 0 Å². The lowest BCUT2D eigenvalue weighted by Gasteiger charge is -2.26. The summed E-state index contributed by atoms with van der Waals surface area (Å²) in [6.45, 7) is 2.23. The summed E-state index contributed by atoms with van der Waals surface area (Å²) in [6.07, 6.45) is 6.44. The van der Waals surface area contributed by atoms with Crippen molar-refractivity contribution in [3.8, 4) is 11.4 Å². The number of pyridine rings is 1. The SMILES string of the molecule is c1ccc(-c2cccn2C2CCNCC2)nc1. The molecule has 0 aromatic carbocycles. The Kier molecular flexibility index (Phi) is 2.92. The molecule has 3 heterocycles. The number of hydrogen-bond donors (Lipinski definition) is 1. The maximum absolute atomic E-state index is 4.44. The second-order valence-electron chi connectivity index (χ2n) is 4.50. The smallest absolute Gasteiger partial charge is 0.0866 e. The highest BCUT2D eigenvalue weighted by Gasteiger charge is 2.17. The fraction of sp³-hybridized carbons (Fsp3) is 0.357. The van der Waals surface area contributed by atoms with Crippen LogP contribution in [0.25, 0.3) is 11.4 Å². The van der Waals surface area contributed by atoms with Gasteiger partial charge in [0.2, 0.25) is 0 Å². The van der Waals surface area contributed by atoms with E-state index in [9.17, 15) is 0 Å². The summed E-state index contributed by atoms with van der Waals surface area (Å²) in [6, 6.07) is 11.0. The average molecular weight is 227 g/mol. The number of nitrogens with zero attached hydrogens (tertiary/aromatic N) is 2. The first kappa shape index (κ1) is 10.5. The zero-order chi connectivity index (χ0) is 11.5. The molecule has 1 N–H and O–H groups in total. The Morgan fingerprint density at radius 1 is 1.12 bits per heavy atom. The van der Waals surface area contributed by atoms with Crippen molar-refractivity contribution in [3.63, 3.8) is 0 Å². The highest BCUT2D eigenvalue weighted by molar-refractivity contribution is 5.55. The first-order valence-electron chi connectivity index (χ1n) is 6.24. The van der Waals surface area contributed by atoms with Gasteiger partial charge in [-0.3, -0.25) is 4.98 Å². The fourth-order valence-electron chi connectivity index (χ4n) is 2.53. The van der Waals surface area contributed by atoms with Crippen LogP contribution in [0.4, 0.5) is 0 Å². The molecule has 0 spiro atoms. The molecule has 2 aromatic rings. The molecule has 2 aromatic heterocycles. The summed E-state index contributed by atoms with van der Waals surface area (Å²) in [5.74, 6) is 0. The van der Waals surface area contributed by atoms with Gasteiger partial charge in [-0.25, -0.2) is 0 Å². The number of piperidine rings is 1. The van der Waals surface area contributed by atoms with E-state index in [-0.39, 0.29) is 0 Å². The normalized spacial score (nSPS) is 17.2. The third-order valence-electron chi connectivity index (χ3n) is 3.41. The number of nitrogens with one attached hydrogen (secondary N) is 1. The Morgan fingerprint density at radius 3 is 2.76 bits per heavy atom. The molecule has 1 fully saturated rings. The monoisotopic (exact) mass is 227 g/mol. The molecule has 0 radical (unpaired) electrons. The van der Waals surface area contributed by atoms with Crippen LogP contribution in [-0.2, 0) is 0 Å². The van der Waals surface area contributed by atoms with Gasteiger partial charge in [0.15, 0.2) is 0 Å².